The van der Waals surface area contributed by atoms with E-state index in [1.165, 1.54) is 0 Å². The van der Waals surface area contributed by atoms with Gasteiger partial charge in [-0.3, -0.25) is 4.52 Å². The van der Waals surface area contributed by atoms with E-state index in [1.54, 1.807) is 0 Å². The smallest absolute Gasteiger partial charge is 0.470 e. The molecule has 0 bridgehead atoms. The van der Waals surface area contributed by atoms with Crippen LogP contribution in [-0.4, -0.2) is 72.3 Å². The molecule has 1 unspecified atom stereocenters. The number of carboxylic acids is 1. The van der Waals surface area contributed by atoms with Gasteiger partial charge in [0.1, 0.15) is 18.3 Å². The molecule has 10 nitrogen and oxygen atoms in total. The van der Waals surface area contributed by atoms with Crippen LogP contribution in [0.2, 0.25) is 0 Å². The highest BCUT2D eigenvalue weighted by Crippen LogP contribution is 2.38. The van der Waals surface area contributed by atoms with Crippen molar-refractivity contribution in [1.82, 2.24) is 0 Å². The Labute approximate surface area is 96.4 Å². The predicted octanol–water partition coefficient (Wildman–Crippen LogP) is -3.38. The maximum Gasteiger partial charge on any atom is 0.470 e. The number of aliphatic carboxylic acids is 1. The van der Waals surface area contributed by atoms with Crippen molar-refractivity contribution < 1.29 is 49.2 Å². The molecule has 0 heterocycles. The molecule has 7 N–H and O–H groups in total. The fraction of sp³-hybridized carbons (Fsp3) is 0.833. The number of carboxylic acid groups (broad SMARTS) is 1. The van der Waals surface area contributed by atoms with Crippen LogP contribution in [0.4, 0.5) is 0 Å². The summed E-state index contributed by atoms with van der Waals surface area (Å²) in [6.07, 6.45) is -8.76. The summed E-state index contributed by atoms with van der Waals surface area (Å²) < 4.78 is 20.6. The lowest BCUT2D eigenvalue weighted by molar-refractivity contribution is -0.162. The minimum absolute atomic E-state index is 0.989. The fourth-order valence-corrected chi connectivity index (χ4v) is 1.41. The largest absolute Gasteiger partial charge is 0.479 e. The molecule has 4 atom stereocenters. The third-order valence-electron chi connectivity index (χ3n) is 1.72. The van der Waals surface area contributed by atoms with E-state index in [4.69, 9.17) is 21.4 Å². The summed E-state index contributed by atoms with van der Waals surface area (Å²) in [5.74, 6) is -1.70. The lowest BCUT2D eigenvalue weighted by atomic mass is 10.0. The topological polar surface area (TPSA) is 185 Å². The average Bonchev–Trinajstić information content (AvgIpc) is 2.30. The molecule has 0 aromatic rings. The number of hydrogen-bond donors (Lipinski definition) is 7. The molecule has 0 aromatic heterocycles. The van der Waals surface area contributed by atoms with E-state index in [2.05, 4.69) is 9.63 Å². The number of rotatable bonds is 7. The van der Waals surface area contributed by atoms with Crippen LogP contribution in [0.1, 0.15) is 0 Å². The standard InChI is InChI=1S/C6H13O10P/c7-1-2(8)3(9)4(10)5(6(11)12)16-17(13,14)15/h2-5,7-10H,1H2,(H,11,12)(H2,13,14,15)/t2-,3-,4+,5?/m1/s1/i/hD. The second-order valence-corrected chi connectivity index (χ2v) is 4.26. The van der Waals surface area contributed by atoms with E-state index in [0.717, 1.165) is 0 Å². The maximum absolute atomic E-state index is 11.0. The third kappa shape index (κ3) is 5.52. The van der Waals surface area contributed by atoms with Crippen LogP contribution < -0.4 is 0 Å². The molecule has 0 saturated carbocycles. The van der Waals surface area contributed by atoms with Crippen LogP contribution >= 0.6 is 7.82 Å². The summed E-state index contributed by atoms with van der Waals surface area (Å²) in [7, 11) is -5.22. The first kappa shape index (κ1) is 14.5. The zero-order valence-corrected chi connectivity index (χ0v) is 9.17. The zero-order valence-electron chi connectivity index (χ0n) is 9.28. The highest BCUT2D eigenvalue weighted by Gasteiger charge is 2.40. The number of aliphatic hydroxyl groups is 4. The summed E-state index contributed by atoms with van der Waals surface area (Å²) in [6.45, 7) is -0.989. The van der Waals surface area contributed by atoms with Gasteiger partial charge in [0, 0.05) is 0 Å². The third-order valence-corrected chi connectivity index (χ3v) is 2.23. The van der Waals surface area contributed by atoms with E-state index in [-0.39, 0.29) is 0 Å². The number of phosphoric ester groups is 1. The molecule has 0 aliphatic rings. The number of hydrogen-bond acceptors (Lipinski definition) is 8. The number of aliphatic hydroxyl groups excluding tert-OH is 4. The van der Waals surface area contributed by atoms with Crippen molar-refractivity contribution in [2.24, 2.45) is 0 Å². The summed E-state index contributed by atoms with van der Waals surface area (Å²) in [4.78, 5) is 27.9. The molecule has 0 radical (unpaired) electrons. The van der Waals surface area contributed by atoms with Crippen molar-refractivity contribution >= 4 is 13.8 Å². The van der Waals surface area contributed by atoms with Gasteiger partial charge in [0.15, 0.2) is 6.10 Å². The molecule has 0 rings (SSSR count). The van der Waals surface area contributed by atoms with Crippen LogP contribution in [0.5, 0.6) is 0 Å². The minimum Gasteiger partial charge on any atom is -0.479 e. The second-order valence-electron chi connectivity index (χ2n) is 3.07. The maximum atomic E-state index is 11.0. The van der Waals surface area contributed by atoms with Crippen molar-refractivity contribution in [2.45, 2.75) is 24.4 Å². The molecule has 0 saturated heterocycles. The molecule has 0 fully saturated rings. The molecule has 0 aliphatic heterocycles. The van der Waals surface area contributed by atoms with Gasteiger partial charge in [-0.25, -0.2) is 9.36 Å². The first-order valence-electron chi connectivity index (χ1n) is 4.61. The Morgan fingerprint density at radius 1 is 1.29 bits per heavy atom. The van der Waals surface area contributed by atoms with Gasteiger partial charge in [-0.15, -0.1) is 0 Å². The Hall–Kier alpha value is -0.580. The summed E-state index contributed by atoms with van der Waals surface area (Å²) in [5.41, 5.74) is 0. The summed E-state index contributed by atoms with van der Waals surface area (Å²) >= 11 is 0. The van der Waals surface area contributed by atoms with Gasteiger partial charge in [0.05, 0.1) is 6.61 Å². The van der Waals surface area contributed by atoms with Crippen LogP contribution in [-0.2, 0) is 13.9 Å². The Morgan fingerprint density at radius 2 is 1.82 bits per heavy atom. The first-order valence-corrected chi connectivity index (χ1v) is 5.73. The fourth-order valence-electron chi connectivity index (χ4n) is 0.907. The van der Waals surface area contributed by atoms with Crippen molar-refractivity contribution in [2.75, 3.05) is 6.61 Å². The second kappa shape index (κ2) is 6.38. The van der Waals surface area contributed by atoms with Crippen LogP contribution in [0.3, 0.4) is 0 Å². The normalized spacial score (nSPS) is 20.0. The highest BCUT2D eigenvalue weighted by atomic mass is 31.2. The van der Waals surface area contributed by atoms with Crippen molar-refractivity contribution in [1.29, 1.82) is 1.43 Å². The molecule has 11 heteroatoms. The van der Waals surface area contributed by atoms with Crippen LogP contribution in [0, 0.1) is 0 Å². The molecular formula is C6H13O10P. The molecule has 0 spiro atoms. The molecule has 0 amide bonds. The molecule has 0 aromatic carbocycles. The van der Waals surface area contributed by atoms with Crippen LogP contribution in [0.25, 0.3) is 1.43 Å². The zero-order chi connectivity index (χ0) is 14.5. The van der Waals surface area contributed by atoms with Crippen molar-refractivity contribution in [3.05, 3.63) is 0 Å². The Balaban J connectivity index is 4.96. The quantitative estimate of drug-likeness (QED) is 0.231. The van der Waals surface area contributed by atoms with E-state index < -0.39 is 44.8 Å². The first-order chi connectivity index (χ1) is 8.14. The van der Waals surface area contributed by atoms with E-state index in [0.29, 0.717) is 0 Å². The molecular weight excluding hydrogens is 263 g/mol. The van der Waals surface area contributed by atoms with Gasteiger partial charge in [-0.2, -0.15) is 0 Å². The number of phosphoric acid groups is 1. The lowest BCUT2D eigenvalue weighted by Crippen LogP contribution is -2.49. The van der Waals surface area contributed by atoms with Crippen molar-refractivity contribution in [3.8, 4) is 0 Å². The Morgan fingerprint density at radius 3 is 2.18 bits per heavy atom. The van der Waals surface area contributed by atoms with E-state index in [9.17, 15) is 19.6 Å². The number of carbonyl (C=O) groups is 1. The van der Waals surface area contributed by atoms with Gasteiger partial charge < -0.3 is 35.3 Å². The molecule has 17 heavy (non-hydrogen) atoms. The predicted molar refractivity (Wildman–Crippen MR) is 49.7 cm³/mol. The van der Waals surface area contributed by atoms with Gasteiger partial charge in [-0.05, 0) is 0 Å². The van der Waals surface area contributed by atoms with Gasteiger partial charge in [-0.1, -0.05) is 0 Å². The molecule has 0 aliphatic carbocycles. The Bertz CT molecular complexity index is 317. The van der Waals surface area contributed by atoms with Gasteiger partial charge >= 0.3 is 13.8 Å². The monoisotopic (exact) mass is 277 g/mol. The van der Waals surface area contributed by atoms with Crippen molar-refractivity contribution in [3.63, 3.8) is 0 Å². The Kier molecular flexibility index (Phi) is 5.43. The highest BCUT2D eigenvalue weighted by molar-refractivity contribution is 7.46. The SMILES string of the molecule is [2H]OC(=O)C(OP(=O)(O)O)[C@@H](O)[C@H](O)[C@H](O)CO. The van der Waals surface area contributed by atoms with Crippen LogP contribution in [0.15, 0.2) is 0 Å². The van der Waals surface area contributed by atoms with Gasteiger partial charge in [0.25, 0.3) is 1.43 Å². The minimum atomic E-state index is -5.22. The van der Waals surface area contributed by atoms with Gasteiger partial charge in [0.2, 0.25) is 0 Å². The molecule has 102 valence electrons. The lowest BCUT2D eigenvalue weighted by Gasteiger charge is -2.26. The summed E-state index contributed by atoms with van der Waals surface area (Å²) in [6, 6.07) is 0. The van der Waals surface area contributed by atoms with E-state index >= 15 is 0 Å². The average molecular weight is 277 g/mol. The summed E-state index contributed by atoms with van der Waals surface area (Å²) in [5, 5.41) is 39.5. The van der Waals surface area contributed by atoms with E-state index in [1.807, 2.05) is 0 Å².